The fourth-order valence-corrected chi connectivity index (χ4v) is 1.99. The molecular weight excluding hydrogens is 266 g/mol. The first-order valence-corrected chi connectivity index (χ1v) is 6.43. The third-order valence-corrected chi connectivity index (χ3v) is 3.18. The first kappa shape index (κ1) is 13.4. The van der Waals surface area contributed by atoms with Crippen molar-refractivity contribution < 1.29 is 4.79 Å². The van der Waals surface area contributed by atoms with Crippen LogP contribution in [0.3, 0.4) is 0 Å². The van der Waals surface area contributed by atoms with Crippen LogP contribution in [0.5, 0.6) is 0 Å². The maximum atomic E-state index is 10.7. The van der Waals surface area contributed by atoms with Crippen molar-refractivity contribution in [1.82, 2.24) is 5.32 Å². The van der Waals surface area contributed by atoms with Crippen LogP contribution in [0.4, 0.5) is 0 Å². The molecule has 0 spiro atoms. The molecule has 1 rings (SSSR count). The average Bonchev–Trinajstić information content (AvgIpc) is 2.25. The minimum absolute atomic E-state index is 0.271. The van der Waals surface area contributed by atoms with Crippen LogP contribution >= 0.6 is 15.9 Å². The topological polar surface area (TPSA) is 29.1 Å². The lowest BCUT2D eigenvalue weighted by Crippen LogP contribution is -2.19. The first-order chi connectivity index (χ1) is 7.70. The molecule has 1 N–H and O–H groups in total. The number of nitrogens with one attached hydrogen (secondary N) is 1. The number of rotatable bonds is 7. The fourth-order valence-electron chi connectivity index (χ4n) is 1.51. The standard InChI is InChI=1S/C13H18BrNO/c1-11(16)5-4-9-15-10-8-12-6-2-3-7-13(12)14/h2-3,6-7,15H,4-5,8-10H2,1H3. The van der Waals surface area contributed by atoms with Crippen LogP contribution < -0.4 is 5.32 Å². The number of hydrogen-bond donors (Lipinski definition) is 1. The van der Waals surface area contributed by atoms with Gasteiger partial charge in [-0.1, -0.05) is 34.1 Å². The molecule has 0 atom stereocenters. The van der Waals surface area contributed by atoms with Crippen molar-refractivity contribution in [2.24, 2.45) is 0 Å². The molecule has 0 bridgehead atoms. The van der Waals surface area contributed by atoms with E-state index >= 15 is 0 Å². The molecular formula is C13H18BrNO. The molecule has 1 aromatic rings. The fraction of sp³-hybridized carbons (Fsp3) is 0.462. The Kier molecular flexibility index (Phi) is 6.34. The molecule has 2 nitrogen and oxygen atoms in total. The second kappa shape index (κ2) is 7.58. The Balaban J connectivity index is 2.12. The van der Waals surface area contributed by atoms with Gasteiger partial charge < -0.3 is 10.1 Å². The molecule has 0 heterocycles. The third kappa shape index (κ3) is 5.42. The summed E-state index contributed by atoms with van der Waals surface area (Å²) in [6.07, 6.45) is 2.63. The van der Waals surface area contributed by atoms with Crippen LogP contribution in [0.25, 0.3) is 0 Å². The van der Waals surface area contributed by atoms with E-state index in [-0.39, 0.29) is 5.78 Å². The molecule has 0 saturated carbocycles. The van der Waals surface area contributed by atoms with Gasteiger partial charge in [0.2, 0.25) is 0 Å². The Bertz CT molecular complexity index is 338. The van der Waals surface area contributed by atoms with Crippen LogP contribution in [-0.4, -0.2) is 18.9 Å². The summed E-state index contributed by atoms with van der Waals surface area (Å²) in [6.45, 7) is 3.52. The van der Waals surface area contributed by atoms with Gasteiger partial charge in [0, 0.05) is 10.9 Å². The quantitative estimate of drug-likeness (QED) is 0.780. The predicted octanol–water partition coefficient (Wildman–Crippen LogP) is 2.95. The number of carbonyl (C=O) groups is 1. The number of hydrogen-bond acceptors (Lipinski definition) is 2. The molecule has 1 aromatic carbocycles. The summed E-state index contributed by atoms with van der Waals surface area (Å²) in [5, 5.41) is 3.34. The Morgan fingerprint density at radius 2 is 2.06 bits per heavy atom. The van der Waals surface area contributed by atoms with Gasteiger partial charge in [0.15, 0.2) is 0 Å². The Labute approximate surface area is 106 Å². The van der Waals surface area contributed by atoms with Crippen molar-refractivity contribution in [3.8, 4) is 0 Å². The molecule has 0 radical (unpaired) electrons. The molecule has 88 valence electrons. The highest BCUT2D eigenvalue weighted by molar-refractivity contribution is 9.10. The minimum Gasteiger partial charge on any atom is -0.316 e. The molecule has 0 aromatic heterocycles. The monoisotopic (exact) mass is 283 g/mol. The van der Waals surface area contributed by atoms with E-state index in [1.165, 1.54) is 10.0 Å². The van der Waals surface area contributed by atoms with Crippen molar-refractivity contribution in [3.05, 3.63) is 34.3 Å². The lowest BCUT2D eigenvalue weighted by molar-refractivity contribution is -0.117. The minimum atomic E-state index is 0.271. The van der Waals surface area contributed by atoms with Gasteiger partial charge in [0.05, 0.1) is 0 Å². The Hall–Kier alpha value is -0.670. The summed E-state index contributed by atoms with van der Waals surface area (Å²) in [5.41, 5.74) is 1.32. The maximum absolute atomic E-state index is 10.7. The summed E-state index contributed by atoms with van der Waals surface area (Å²) >= 11 is 3.53. The van der Waals surface area contributed by atoms with Crippen molar-refractivity contribution >= 4 is 21.7 Å². The van der Waals surface area contributed by atoms with Gasteiger partial charge in [0.1, 0.15) is 5.78 Å². The largest absolute Gasteiger partial charge is 0.316 e. The smallest absolute Gasteiger partial charge is 0.129 e. The predicted molar refractivity (Wildman–Crippen MR) is 70.6 cm³/mol. The molecule has 0 saturated heterocycles. The van der Waals surface area contributed by atoms with Gasteiger partial charge in [-0.05, 0) is 44.5 Å². The molecule has 0 aliphatic carbocycles. The molecule has 16 heavy (non-hydrogen) atoms. The van der Waals surface area contributed by atoms with Gasteiger partial charge in [0.25, 0.3) is 0 Å². The van der Waals surface area contributed by atoms with Gasteiger partial charge in [-0.3, -0.25) is 0 Å². The van der Waals surface area contributed by atoms with Crippen molar-refractivity contribution in [2.75, 3.05) is 13.1 Å². The summed E-state index contributed by atoms with van der Waals surface area (Å²) < 4.78 is 1.17. The first-order valence-electron chi connectivity index (χ1n) is 5.63. The second-order valence-corrected chi connectivity index (χ2v) is 4.75. The molecule has 0 amide bonds. The SMILES string of the molecule is CC(=O)CCCNCCc1ccccc1Br. The number of carbonyl (C=O) groups excluding carboxylic acids is 1. The van der Waals surface area contributed by atoms with Crippen LogP contribution in [0.2, 0.25) is 0 Å². The number of benzene rings is 1. The highest BCUT2D eigenvalue weighted by Crippen LogP contribution is 2.15. The van der Waals surface area contributed by atoms with E-state index in [0.717, 1.165) is 25.9 Å². The summed E-state index contributed by atoms with van der Waals surface area (Å²) in [4.78, 5) is 10.7. The van der Waals surface area contributed by atoms with Gasteiger partial charge in [-0.25, -0.2) is 0 Å². The van der Waals surface area contributed by atoms with Crippen LogP contribution in [0, 0.1) is 0 Å². The van der Waals surface area contributed by atoms with Gasteiger partial charge in [-0.15, -0.1) is 0 Å². The van der Waals surface area contributed by atoms with Crippen LogP contribution in [0.1, 0.15) is 25.3 Å². The van der Waals surface area contributed by atoms with Crippen LogP contribution in [-0.2, 0) is 11.2 Å². The highest BCUT2D eigenvalue weighted by Gasteiger charge is 1.98. The maximum Gasteiger partial charge on any atom is 0.129 e. The zero-order valence-corrected chi connectivity index (χ0v) is 11.2. The van der Waals surface area contributed by atoms with Gasteiger partial charge >= 0.3 is 0 Å². The lowest BCUT2D eigenvalue weighted by Gasteiger charge is -2.05. The molecule has 0 aliphatic heterocycles. The molecule has 0 unspecified atom stereocenters. The van der Waals surface area contributed by atoms with E-state index in [2.05, 4.69) is 39.4 Å². The average molecular weight is 284 g/mol. The Morgan fingerprint density at radius 3 is 2.75 bits per heavy atom. The lowest BCUT2D eigenvalue weighted by atomic mass is 10.1. The van der Waals surface area contributed by atoms with Crippen molar-refractivity contribution in [2.45, 2.75) is 26.2 Å². The third-order valence-electron chi connectivity index (χ3n) is 2.41. The van der Waals surface area contributed by atoms with E-state index < -0.39 is 0 Å². The second-order valence-electron chi connectivity index (χ2n) is 3.90. The Morgan fingerprint density at radius 1 is 1.31 bits per heavy atom. The molecule has 0 aliphatic rings. The van der Waals surface area contributed by atoms with E-state index in [1.54, 1.807) is 6.92 Å². The number of halogens is 1. The van der Waals surface area contributed by atoms with E-state index in [0.29, 0.717) is 6.42 Å². The van der Waals surface area contributed by atoms with Gasteiger partial charge in [-0.2, -0.15) is 0 Å². The van der Waals surface area contributed by atoms with Crippen molar-refractivity contribution in [3.63, 3.8) is 0 Å². The number of Topliss-reactive ketones (excluding diaryl/α,β-unsaturated/α-hetero) is 1. The van der Waals surface area contributed by atoms with E-state index in [1.807, 2.05) is 6.07 Å². The zero-order valence-electron chi connectivity index (χ0n) is 9.63. The number of ketones is 1. The summed E-state index contributed by atoms with van der Waals surface area (Å²) in [5.74, 6) is 0.271. The molecule has 0 fully saturated rings. The van der Waals surface area contributed by atoms with Crippen molar-refractivity contribution in [1.29, 1.82) is 0 Å². The van der Waals surface area contributed by atoms with Crippen LogP contribution in [0.15, 0.2) is 28.7 Å². The zero-order chi connectivity index (χ0) is 11.8. The summed E-state index contributed by atoms with van der Waals surface area (Å²) in [6, 6.07) is 8.26. The molecule has 3 heteroatoms. The van der Waals surface area contributed by atoms with E-state index in [9.17, 15) is 4.79 Å². The highest BCUT2D eigenvalue weighted by atomic mass is 79.9. The normalized spacial score (nSPS) is 10.4. The summed E-state index contributed by atoms with van der Waals surface area (Å²) in [7, 11) is 0. The van der Waals surface area contributed by atoms with E-state index in [4.69, 9.17) is 0 Å².